The molecule has 0 aliphatic rings. The van der Waals surface area contributed by atoms with Crippen molar-refractivity contribution in [3.63, 3.8) is 0 Å². The molecule has 2 radical (unpaired) electrons. The Bertz CT molecular complexity index is 349. The van der Waals surface area contributed by atoms with E-state index < -0.39 is 0 Å². The molecule has 0 heterocycles. The molecular weight excluding hydrogens is 212 g/mol. The van der Waals surface area contributed by atoms with Gasteiger partial charge in [-0.1, -0.05) is 51.4 Å². The Kier molecular flexibility index (Phi) is 4.60. The molecule has 0 bridgehead atoms. The summed E-state index contributed by atoms with van der Waals surface area (Å²) < 4.78 is 0. The lowest BCUT2D eigenvalue weighted by atomic mass is 9.94. The molecule has 1 nitrogen and oxygen atoms in total. The Morgan fingerprint density at radius 3 is 2.62 bits per heavy atom. The summed E-state index contributed by atoms with van der Waals surface area (Å²) in [5, 5.41) is 10.4. The molecule has 16 heavy (non-hydrogen) atoms. The molecule has 0 aliphatic heterocycles. The van der Waals surface area contributed by atoms with E-state index in [0.717, 1.165) is 27.1 Å². The molecule has 0 saturated carbocycles. The third-order valence-corrected chi connectivity index (χ3v) is 4.94. The number of hydrogen-bond acceptors (Lipinski definition) is 1. The van der Waals surface area contributed by atoms with E-state index in [2.05, 4.69) is 26.5 Å². The van der Waals surface area contributed by atoms with Crippen LogP contribution >= 0.6 is 0 Å². The van der Waals surface area contributed by atoms with Crippen LogP contribution in [0, 0.1) is 6.92 Å². The lowest BCUT2D eigenvalue weighted by molar-refractivity contribution is 0.453. The molecule has 88 valence electrons. The molecule has 0 aliphatic carbocycles. The van der Waals surface area contributed by atoms with Gasteiger partial charge in [-0.05, 0) is 29.5 Å². The van der Waals surface area contributed by atoms with Gasteiger partial charge in [-0.25, -0.2) is 0 Å². The van der Waals surface area contributed by atoms with Crippen molar-refractivity contribution in [1.82, 2.24) is 0 Å². The van der Waals surface area contributed by atoms with Crippen molar-refractivity contribution < 1.29 is 5.11 Å². The molecule has 0 aromatic heterocycles. The van der Waals surface area contributed by atoms with Gasteiger partial charge in [0.25, 0.3) is 0 Å². The first-order valence-electron chi connectivity index (χ1n) is 5.99. The van der Waals surface area contributed by atoms with Crippen LogP contribution in [0.15, 0.2) is 18.2 Å². The first-order chi connectivity index (χ1) is 7.52. The van der Waals surface area contributed by atoms with Crippen molar-refractivity contribution in [1.29, 1.82) is 0 Å². The molecule has 2 heteroatoms. The predicted octanol–water partition coefficient (Wildman–Crippen LogP) is 3.97. The van der Waals surface area contributed by atoms with Crippen molar-refractivity contribution in [3.8, 4) is 5.75 Å². The first-order valence-corrected chi connectivity index (χ1v) is 7.49. The Hall–Kier alpha value is -0.763. The first kappa shape index (κ1) is 13.3. The zero-order valence-corrected chi connectivity index (χ0v) is 11.8. The van der Waals surface area contributed by atoms with Gasteiger partial charge in [-0.2, -0.15) is 0 Å². The maximum absolute atomic E-state index is 10.0. The Balaban J connectivity index is 2.90. The number of aromatic hydroxyl groups is 1. The maximum Gasteiger partial charge on any atom is 0.121 e. The van der Waals surface area contributed by atoms with Crippen molar-refractivity contribution in [2.45, 2.75) is 51.6 Å². The van der Waals surface area contributed by atoms with Gasteiger partial charge in [0, 0.05) is 9.52 Å². The third-order valence-electron chi connectivity index (χ3n) is 3.31. The minimum absolute atomic E-state index is 0.347. The second-order valence-electron chi connectivity index (χ2n) is 4.82. The number of para-hydroxylation sites is 1. The van der Waals surface area contributed by atoms with E-state index in [1.165, 1.54) is 12.8 Å². The monoisotopic (exact) mass is 234 g/mol. The summed E-state index contributed by atoms with van der Waals surface area (Å²) in [5.74, 6) is 0.489. The number of rotatable bonds is 5. The summed E-state index contributed by atoms with van der Waals surface area (Å²) in [6, 6.07) is 6.05. The lowest BCUT2D eigenvalue weighted by Gasteiger charge is -2.28. The summed E-state index contributed by atoms with van der Waals surface area (Å²) in [7, 11) is 0.916. The molecule has 0 fully saturated rings. The minimum atomic E-state index is 0.347. The van der Waals surface area contributed by atoms with Crippen LogP contribution in [-0.4, -0.2) is 14.6 Å². The van der Waals surface area contributed by atoms with Crippen molar-refractivity contribution >= 4 is 9.52 Å². The van der Waals surface area contributed by atoms with Gasteiger partial charge in [0.15, 0.2) is 0 Å². The molecule has 1 rings (SSSR count). The summed E-state index contributed by atoms with van der Waals surface area (Å²) in [6.45, 7) is 8.79. The predicted molar refractivity (Wildman–Crippen MR) is 71.4 cm³/mol. The SMILES string of the molecule is CCCC(C)(Cc1cccc(C)c1O)[Si]C. The van der Waals surface area contributed by atoms with E-state index in [0.29, 0.717) is 10.8 Å². The van der Waals surface area contributed by atoms with Crippen molar-refractivity contribution in [2.75, 3.05) is 0 Å². The largest absolute Gasteiger partial charge is 0.507 e. The highest BCUT2D eigenvalue weighted by Gasteiger charge is 2.23. The van der Waals surface area contributed by atoms with Crippen LogP contribution in [0.4, 0.5) is 0 Å². The van der Waals surface area contributed by atoms with E-state index in [1.807, 2.05) is 19.1 Å². The standard InChI is InChI=1S/C14H22OSi/c1-5-9-14(3,16-4)10-12-8-6-7-11(2)13(12)15/h6-8,15H,5,9-10H2,1-4H3. The zero-order valence-electron chi connectivity index (χ0n) is 10.8. The van der Waals surface area contributed by atoms with E-state index in [1.54, 1.807) is 0 Å². The molecule has 0 amide bonds. The fourth-order valence-electron chi connectivity index (χ4n) is 2.14. The van der Waals surface area contributed by atoms with E-state index in [4.69, 9.17) is 0 Å². The van der Waals surface area contributed by atoms with Crippen LogP contribution in [0.2, 0.25) is 11.6 Å². The lowest BCUT2D eigenvalue weighted by Crippen LogP contribution is -2.17. The van der Waals surface area contributed by atoms with Gasteiger partial charge in [0.2, 0.25) is 0 Å². The van der Waals surface area contributed by atoms with Crippen LogP contribution in [0.1, 0.15) is 37.8 Å². The average Bonchev–Trinajstić information content (AvgIpc) is 2.25. The molecular formula is C14H22OSi. The Labute approximate surface area is 102 Å². The van der Waals surface area contributed by atoms with Crippen LogP contribution < -0.4 is 0 Å². The number of phenols is 1. The molecule has 1 atom stereocenters. The van der Waals surface area contributed by atoms with Gasteiger partial charge >= 0.3 is 0 Å². The quantitative estimate of drug-likeness (QED) is 0.764. The van der Waals surface area contributed by atoms with E-state index in [-0.39, 0.29) is 0 Å². The fraction of sp³-hybridized carbons (Fsp3) is 0.571. The van der Waals surface area contributed by atoms with Gasteiger partial charge in [-0.15, -0.1) is 0 Å². The highest BCUT2D eigenvalue weighted by Crippen LogP contribution is 2.37. The summed E-state index contributed by atoms with van der Waals surface area (Å²) in [6.07, 6.45) is 3.43. The Morgan fingerprint density at radius 2 is 2.06 bits per heavy atom. The number of benzene rings is 1. The Morgan fingerprint density at radius 1 is 1.38 bits per heavy atom. The number of aryl methyl sites for hydroxylation is 1. The van der Waals surface area contributed by atoms with Gasteiger partial charge in [0.1, 0.15) is 5.75 Å². The van der Waals surface area contributed by atoms with E-state index >= 15 is 0 Å². The van der Waals surface area contributed by atoms with Crippen LogP contribution in [-0.2, 0) is 6.42 Å². The molecule has 1 aromatic carbocycles. The van der Waals surface area contributed by atoms with Gasteiger partial charge in [0.05, 0.1) is 0 Å². The van der Waals surface area contributed by atoms with Crippen LogP contribution in [0.25, 0.3) is 0 Å². The summed E-state index contributed by atoms with van der Waals surface area (Å²) in [4.78, 5) is 0. The van der Waals surface area contributed by atoms with Crippen LogP contribution in [0.5, 0.6) is 5.75 Å². The fourth-order valence-corrected chi connectivity index (χ4v) is 3.00. The second-order valence-corrected chi connectivity index (χ2v) is 6.53. The van der Waals surface area contributed by atoms with Crippen molar-refractivity contribution in [3.05, 3.63) is 29.3 Å². The molecule has 0 spiro atoms. The molecule has 0 saturated heterocycles. The smallest absolute Gasteiger partial charge is 0.121 e. The van der Waals surface area contributed by atoms with Gasteiger partial charge < -0.3 is 5.11 Å². The molecule has 1 unspecified atom stereocenters. The number of phenolic OH excluding ortho intramolecular Hbond substituents is 1. The zero-order chi connectivity index (χ0) is 12.2. The summed E-state index contributed by atoms with van der Waals surface area (Å²) in [5.41, 5.74) is 2.08. The maximum atomic E-state index is 10.0. The van der Waals surface area contributed by atoms with Crippen molar-refractivity contribution in [2.24, 2.45) is 0 Å². The highest BCUT2D eigenvalue weighted by atomic mass is 28.2. The average molecular weight is 234 g/mol. The van der Waals surface area contributed by atoms with Crippen LogP contribution in [0.3, 0.4) is 0 Å². The normalized spacial score (nSPS) is 14.8. The molecule has 1 aromatic rings. The molecule has 1 N–H and O–H groups in total. The topological polar surface area (TPSA) is 20.2 Å². The van der Waals surface area contributed by atoms with Gasteiger partial charge in [-0.3, -0.25) is 0 Å². The summed E-state index contributed by atoms with van der Waals surface area (Å²) >= 11 is 0. The second kappa shape index (κ2) is 5.53. The minimum Gasteiger partial charge on any atom is -0.507 e. The number of hydrogen-bond donors (Lipinski definition) is 1. The third kappa shape index (κ3) is 3.11. The highest BCUT2D eigenvalue weighted by molar-refractivity contribution is 6.38. The van der Waals surface area contributed by atoms with E-state index in [9.17, 15) is 5.11 Å².